The van der Waals surface area contributed by atoms with Gasteiger partial charge in [-0.15, -0.1) is 0 Å². The lowest BCUT2D eigenvalue weighted by Crippen LogP contribution is -2.18. The van der Waals surface area contributed by atoms with Crippen molar-refractivity contribution in [2.45, 2.75) is 18.9 Å². The molecule has 0 aliphatic rings. The number of aliphatic hydroxyl groups is 1. The van der Waals surface area contributed by atoms with E-state index in [-0.39, 0.29) is 0 Å². The molecule has 0 heterocycles. The highest BCUT2D eigenvalue weighted by molar-refractivity contribution is 5.20. The Morgan fingerprint density at radius 2 is 2.00 bits per heavy atom. The maximum absolute atomic E-state index is 9.46. The predicted molar refractivity (Wildman–Crippen MR) is 56.2 cm³/mol. The summed E-state index contributed by atoms with van der Waals surface area (Å²) in [5, 5.41) is 9.46. The van der Waals surface area contributed by atoms with Crippen LogP contribution in [0, 0.1) is 0 Å². The van der Waals surface area contributed by atoms with Crippen LogP contribution in [0.5, 0.6) is 5.75 Å². The fourth-order valence-electron chi connectivity index (χ4n) is 1.15. The Kier molecular flexibility index (Phi) is 5.04. The molecule has 0 unspecified atom stereocenters. The second-order valence-electron chi connectivity index (χ2n) is 3.21. The Bertz CT molecular complexity index is 238. The molecule has 0 aliphatic carbocycles. The molecule has 1 aromatic rings. The lowest BCUT2D eigenvalue weighted by Gasteiger charge is -2.11. The second kappa shape index (κ2) is 6.40. The lowest BCUT2D eigenvalue weighted by molar-refractivity contribution is 0.0987. The van der Waals surface area contributed by atoms with Crippen LogP contribution in [0.1, 0.15) is 12.8 Å². The average molecular weight is 195 g/mol. The van der Waals surface area contributed by atoms with Crippen LogP contribution in [0.2, 0.25) is 0 Å². The van der Waals surface area contributed by atoms with Crippen molar-refractivity contribution in [1.82, 2.24) is 0 Å². The highest BCUT2D eigenvalue weighted by Gasteiger charge is 2.03. The average Bonchev–Trinajstić information content (AvgIpc) is 2.25. The summed E-state index contributed by atoms with van der Waals surface area (Å²) in [5.74, 6) is 0.791. The number of rotatable bonds is 6. The van der Waals surface area contributed by atoms with E-state index in [1.165, 1.54) is 0 Å². The van der Waals surface area contributed by atoms with Crippen molar-refractivity contribution >= 4 is 0 Å². The van der Waals surface area contributed by atoms with E-state index in [0.717, 1.165) is 12.2 Å². The lowest BCUT2D eigenvalue weighted by atomic mass is 10.2. The molecule has 14 heavy (non-hydrogen) atoms. The first-order valence-electron chi connectivity index (χ1n) is 4.89. The van der Waals surface area contributed by atoms with E-state index in [9.17, 15) is 5.11 Å². The number of ether oxygens (including phenoxy) is 1. The third kappa shape index (κ3) is 4.25. The molecule has 78 valence electrons. The van der Waals surface area contributed by atoms with E-state index in [1.807, 2.05) is 30.3 Å². The molecule has 0 saturated carbocycles. The fraction of sp³-hybridized carbons (Fsp3) is 0.455. The van der Waals surface area contributed by atoms with Crippen molar-refractivity contribution < 1.29 is 9.84 Å². The first-order valence-corrected chi connectivity index (χ1v) is 4.89. The summed E-state index contributed by atoms with van der Waals surface area (Å²) in [5.41, 5.74) is 5.33. The Morgan fingerprint density at radius 3 is 2.64 bits per heavy atom. The van der Waals surface area contributed by atoms with Gasteiger partial charge in [-0.3, -0.25) is 0 Å². The Morgan fingerprint density at radius 1 is 1.29 bits per heavy atom. The minimum absolute atomic E-state index is 0.337. The zero-order valence-electron chi connectivity index (χ0n) is 8.23. The summed E-state index contributed by atoms with van der Waals surface area (Å²) < 4.78 is 5.37. The van der Waals surface area contributed by atoms with Crippen LogP contribution in [0.4, 0.5) is 0 Å². The number of benzene rings is 1. The number of hydrogen-bond acceptors (Lipinski definition) is 3. The maximum Gasteiger partial charge on any atom is 0.119 e. The molecule has 3 nitrogen and oxygen atoms in total. The number of nitrogens with two attached hydrogens (primary N) is 1. The summed E-state index contributed by atoms with van der Waals surface area (Å²) >= 11 is 0. The van der Waals surface area contributed by atoms with E-state index in [4.69, 9.17) is 10.5 Å². The SMILES string of the molecule is NCCC[C@H](O)COc1ccccc1. The van der Waals surface area contributed by atoms with Gasteiger partial charge in [0.2, 0.25) is 0 Å². The molecular formula is C11H17NO2. The summed E-state index contributed by atoms with van der Waals surface area (Å²) in [6.45, 7) is 0.951. The summed E-state index contributed by atoms with van der Waals surface area (Å²) in [4.78, 5) is 0. The molecule has 0 radical (unpaired) electrons. The van der Waals surface area contributed by atoms with Crippen LogP contribution >= 0.6 is 0 Å². The van der Waals surface area contributed by atoms with Crippen LogP contribution in [0.3, 0.4) is 0 Å². The zero-order valence-corrected chi connectivity index (χ0v) is 8.23. The van der Waals surface area contributed by atoms with Crippen molar-refractivity contribution in [2.24, 2.45) is 5.73 Å². The smallest absolute Gasteiger partial charge is 0.119 e. The Labute approximate surface area is 84.5 Å². The van der Waals surface area contributed by atoms with Gasteiger partial charge in [0, 0.05) is 0 Å². The van der Waals surface area contributed by atoms with Crippen molar-refractivity contribution in [1.29, 1.82) is 0 Å². The molecule has 0 aromatic heterocycles. The standard InChI is InChI=1S/C11H17NO2/c12-8-4-5-10(13)9-14-11-6-2-1-3-7-11/h1-3,6-7,10,13H,4-5,8-9,12H2/t10-/m0/s1. The first kappa shape index (κ1) is 11.0. The highest BCUT2D eigenvalue weighted by atomic mass is 16.5. The molecule has 1 aromatic carbocycles. The van der Waals surface area contributed by atoms with Gasteiger partial charge in [-0.1, -0.05) is 18.2 Å². The molecule has 0 bridgehead atoms. The molecule has 1 rings (SSSR count). The maximum atomic E-state index is 9.46. The largest absolute Gasteiger partial charge is 0.491 e. The summed E-state index contributed by atoms with van der Waals surface area (Å²) in [7, 11) is 0. The Balaban J connectivity index is 2.20. The highest BCUT2D eigenvalue weighted by Crippen LogP contribution is 2.09. The number of aliphatic hydroxyl groups excluding tert-OH is 1. The van der Waals surface area contributed by atoms with Crippen LogP contribution in [-0.4, -0.2) is 24.4 Å². The van der Waals surface area contributed by atoms with E-state index in [2.05, 4.69) is 0 Å². The molecule has 0 aliphatic heterocycles. The van der Waals surface area contributed by atoms with Gasteiger partial charge in [-0.25, -0.2) is 0 Å². The molecule has 3 N–H and O–H groups in total. The van der Waals surface area contributed by atoms with E-state index in [1.54, 1.807) is 0 Å². The van der Waals surface area contributed by atoms with Crippen molar-refractivity contribution in [3.05, 3.63) is 30.3 Å². The summed E-state index contributed by atoms with van der Waals surface area (Å²) in [6, 6.07) is 9.48. The van der Waals surface area contributed by atoms with Gasteiger partial charge < -0.3 is 15.6 Å². The second-order valence-corrected chi connectivity index (χ2v) is 3.21. The zero-order chi connectivity index (χ0) is 10.2. The van der Waals surface area contributed by atoms with Crippen molar-refractivity contribution in [3.63, 3.8) is 0 Å². The topological polar surface area (TPSA) is 55.5 Å². The third-order valence-electron chi connectivity index (χ3n) is 1.93. The molecule has 3 heteroatoms. The number of hydrogen-bond donors (Lipinski definition) is 2. The van der Waals surface area contributed by atoms with Gasteiger partial charge in [-0.2, -0.15) is 0 Å². The molecule has 0 amide bonds. The molecule has 0 saturated heterocycles. The van der Waals surface area contributed by atoms with Crippen LogP contribution in [0.25, 0.3) is 0 Å². The normalized spacial score (nSPS) is 12.4. The molecule has 0 spiro atoms. The van der Waals surface area contributed by atoms with E-state index >= 15 is 0 Å². The molecule has 0 fully saturated rings. The summed E-state index contributed by atoms with van der Waals surface area (Å²) in [6.07, 6.45) is 1.11. The quantitative estimate of drug-likeness (QED) is 0.716. The predicted octanol–water partition coefficient (Wildman–Crippen LogP) is 1.17. The van der Waals surface area contributed by atoms with Gasteiger partial charge in [0.25, 0.3) is 0 Å². The Hall–Kier alpha value is -1.06. The fourth-order valence-corrected chi connectivity index (χ4v) is 1.15. The first-order chi connectivity index (χ1) is 6.83. The monoisotopic (exact) mass is 195 g/mol. The minimum atomic E-state index is -0.418. The molecule has 1 atom stereocenters. The van der Waals surface area contributed by atoms with E-state index in [0.29, 0.717) is 19.6 Å². The van der Waals surface area contributed by atoms with Gasteiger partial charge in [0.15, 0.2) is 0 Å². The third-order valence-corrected chi connectivity index (χ3v) is 1.93. The van der Waals surface area contributed by atoms with Crippen LogP contribution in [-0.2, 0) is 0 Å². The van der Waals surface area contributed by atoms with Crippen LogP contribution < -0.4 is 10.5 Å². The number of para-hydroxylation sites is 1. The van der Waals surface area contributed by atoms with Gasteiger partial charge in [0.1, 0.15) is 12.4 Å². The van der Waals surface area contributed by atoms with Gasteiger partial charge in [-0.05, 0) is 31.5 Å². The van der Waals surface area contributed by atoms with Crippen molar-refractivity contribution in [2.75, 3.05) is 13.2 Å². The molecular weight excluding hydrogens is 178 g/mol. The minimum Gasteiger partial charge on any atom is -0.491 e. The van der Waals surface area contributed by atoms with E-state index < -0.39 is 6.10 Å². The van der Waals surface area contributed by atoms with Gasteiger partial charge >= 0.3 is 0 Å². The van der Waals surface area contributed by atoms with Crippen LogP contribution in [0.15, 0.2) is 30.3 Å². The van der Waals surface area contributed by atoms with Crippen molar-refractivity contribution in [3.8, 4) is 5.75 Å². The van der Waals surface area contributed by atoms with Gasteiger partial charge in [0.05, 0.1) is 6.10 Å².